The Morgan fingerprint density at radius 3 is 2.33 bits per heavy atom. The Balaban J connectivity index is 1.82. The molecule has 0 aliphatic rings. The van der Waals surface area contributed by atoms with Crippen LogP contribution in [-0.4, -0.2) is 12.5 Å². The third-order valence-corrected chi connectivity index (χ3v) is 2.71. The molecule has 0 atom stereocenters. The van der Waals surface area contributed by atoms with E-state index in [-0.39, 0.29) is 5.91 Å². The minimum Gasteiger partial charge on any atom is -0.399 e. The van der Waals surface area contributed by atoms with Crippen LogP contribution in [0, 0.1) is 0 Å². The maximum Gasteiger partial charge on any atom is 0.251 e. The van der Waals surface area contributed by atoms with E-state index in [9.17, 15) is 4.79 Å². The van der Waals surface area contributed by atoms with Gasteiger partial charge in [0.05, 0.1) is 0 Å². The third kappa shape index (κ3) is 3.35. The SMILES string of the molecule is Nc1ccc(CCNC(=O)c2ccccc2)cc1. The summed E-state index contributed by atoms with van der Waals surface area (Å²) in [7, 11) is 0. The summed E-state index contributed by atoms with van der Waals surface area (Å²) in [5, 5.41) is 2.89. The summed E-state index contributed by atoms with van der Waals surface area (Å²) in [6.45, 7) is 0.623. The number of nitrogen functional groups attached to an aromatic ring is 1. The molecule has 2 rings (SSSR count). The second-order valence-corrected chi connectivity index (χ2v) is 4.11. The zero-order chi connectivity index (χ0) is 12.8. The highest BCUT2D eigenvalue weighted by atomic mass is 16.1. The Bertz CT molecular complexity index is 506. The quantitative estimate of drug-likeness (QED) is 0.805. The van der Waals surface area contributed by atoms with Gasteiger partial charge in [0.1, 0.15) is 0 Å². The first-order valence-corrected chi connectivity index (χ1v) is 5.93. The van der Waals surface area contributed by atoms with Crippen molar-refractivity contribution in [1.82, 2.24) is 5.32 Å². The fourth-order valence-electron chi connectivity index (χ4n) is 1.70. The van der Waals surface area contributed by atoms with Crippen LogP contribution in [0.5, 0.6) is 0 Å². The Kier molecular flexibility index (Phi) is 3.97. The topological polar surface area (TPSA) is 55.1 Å². The zero-order valence-corrected chi connectivity index (χ0v) is 10.1. The van der Waals surface area contributed by atoms with Gasteiger partial charge in [0.2, 0.25) is 0 Å². The predicted molar refractivity (Wildman–Crippen MR) is 73.3 cm³/mol. The van der Waals surface area contributed by atoms with Crippen LogP contribution in [-0.2, 0) is 6.42 Å². The number of nitrogens with one attached hydrogen (secondary N) is 1. The molecule has 0 heterocycles. The fraction of sp³-hybridized carbons (Fsp3) is 0.133. The number of hydrogen-bond donors (Lipinski definition) is 2. The van der Waals surface area contributed by atoms with Crippen LogP contribution in [0.4, 0.5) is 5.69 Å². The first-order valence-electron chi connectivity index (χ1n) is 5.93. The number of amides is 1. The Morgan fingerprint density at radius 2 is 1.67 bits per heavy atom. The molecule has 0 radical (unpaired) electrons. The van der Waals surface area contributed by atoms with Crippen LogP contribution >= 0.6 is 0 Å². The van der Waals surface area contributed by atoms with Crippen molar-refractivity contribution in [3.05, 3.63) is 65.7 Å². The average Bonchev–Trinajstić information content (AvgIpc) is 2.42. The number of hydrogen-bond acceptors (Lipinski definition) is 2. The number of anilines is 1. The summed E-state index contributed by atoms with van der Waals surface area (Å²) < 4.78 is 0. The van der Waals surface area contributed by atoms with Gasteiger partial charge < -0.3 is 11.1 Å². The maximum absolute atomic E-state index is 11.8. The lowest BCUT2D eigenvalue weighted by molar-refractivity contribution is 0.0954. The smallest absolute Gasteiger partial charge is 0.251 e. The summed E-state index contributed by atoms with van der Waals surface area (Å²) in [6.07, 6.45) is 0.804. The van der Waals surface area contributed by atoms with Crippen molar-refractivity contribution >= 4 is 11.6 Å². The molecule has 1 amide bonds. The number of benzene rings is 2. The number of nitrogens with two attached hydrogens (primary N) is 1. The van der Waals surface area contributed by atoms with E-state index >= 15 is 0 Å². The van der Waals surface area contributed by atoms with Crippen molar-refractivity contribution in [3.63, 3.8) is 0 Å². The number of rotatable bonds is 4. The molecule has 18 heavy (non-hydrogen) atoms. The van der Waals surface area contributed by atoms with Gasteiger partial charge in [-0.25, -0.2) is 0 Å². The monoisotopic (exact) mass is 240 g/mol. The van der Waals surface area contributed by atoms with E-state index in [0.29, 0.717) is 12.1 Å². The molecule has 0 fully saturated rings. The summed E-state index contributed by atoms with van der Waals surface area (Å²) in [5.74, 6) is -0.0361. The first-order chi connectivity index (χ1) is 8.75. The average molecular weight is 240 g/mol. The molecule has 2 aromatic rings. The Labute approximate surface area is 107 Å². The van der Waals surface area contributed by atoms with E-state index in [4.69, 9.17) is 5.73 Å². The molecular weight excluding hydrogens is 224 g/mol. The molecule has 0 aliphatic heterocycles. The molecule has 0 spiro atoms. The molecule has 3 N–H and O–H groups in total. The number of carbonyl (C=O) groups excluding carboxylic acids is 1. The van der Waals surface area contributed by atoms with Crippen LogP contribution in [0.15, 0.2) is 54.6 Å². The summed E-state index contributed by atoms with van der Waals surface area (Å²) in [5.41, 5.74) is 8.22. The highest BCUT2D eigenvalue weighted by Crippen LogP contribution is 2.05. The molecular formula is C15H16N2O. The summed E-state index contributed by atoms with van der Waals surface area (Å²) in [4.78, 5) is 11.8. The van der Waals surface area contributed by atoms with Crippen molar-refractivity contribution in [3.8, 4) is 0 Å². The molecule has 2 aromatic carbocycles. The van der Waals surface area contributed by atoms with Gasteiger partial charge in [0, 0.05) is 17.8 Å². The lowest BCUT2D eigenvalue weighted by atomic mass is 10.1. The van der Waals surface area contributed by atoms with Crippen LogP contribution in [0.3, 0.4) is 0 Å². The third-order valence-electron chi connectivity index (χ3n) is 2.71. The van der Waals surface area contributed by atoms with Crippen molar-refractivity contribution < 1.29 is 4.79 Å². The molecule has 0 saturated heterocycles. The van der Waals surface area contributed by atoms with Crippen LogP contribution in [0.2, 0.25) is 0 Å². The van der Waals surface area contributed by atoms with Gasteiger partial charge in [0.15, 0.2) is 0 Å². The molecule has 0 aliphatic carbocycles. The second-order valence-electron chi connectivity index (χ2n) is 4.11. The lowest BCUT2D eigenvalue weighted by Crippen LogP contribution is -2.25. The molecule has 0 aromatic heterocycles. The first kappa shape index (κ1) is 12.2. The van der Waals surface area contributed by atoms with Crippen LogP contribution in [0.1, 0.15) is 15.9 Å². The zero-order valence-electron chi connectivity index (χ0n) is 10.1. The predicted octanol–water partition coefficient (Wildman–Crippen LogP) is 2.24. The van der Waals surface area contributed by atoms with Crippen molar-refractivity contribution in [2.24, 2.45) is 0 Å². The van der Waals surface area contributed by atoms with Crippen LogP contribution < -0.4 is 11.1 Å². The standard InChI is InChI=1S/C15H16N2O/c16-14-8-6-12(7-9-14)10-11-17-15(18)13-4-2-1-3-5-13/h1-9H,10-11,16H2,(H,17,18). The van der Waals surface area contributed by atoms with E-state index in [0.717, 1.165) is 17.7 Å². The maximum atomic E-state index is 11.8. The minimum atomic E-state index is -0.0361. The van der Waals surface area contributed by atoms with Crippen LogP contribution in [0.25, 0.3) is 0 Å². The minimum absolute atomic E-state index is 0.0361. The van der Waals surface area contributed by atoms with Gasteiger partial charge in [-0.15, -0.1) is 0 Å². The molecule has 3 nitrogen and oxygen atoms in total. The van der Waals surface area contributed by atoms with E-state index in [1.54, 1.807) is 12.1 Å². The molecule has 0 saturated carbocycles. The van der Waals surface area contributed by atoms with E-state index in [1.165, 1.54) is 0 Å². The van der Waals surface area contributed by atoms with Gasteiger partial charge in [-0.2, -0.15) is 0 Å². The normalized spacial score (nSPS) is 10.0. The van der Waals surface area contributed by atoms with Gasteiger partial charge >= 0.3 is 0 Å². The highest BCUT2D eigenvalue weighted by Gasteiger charge is 2.02. The van der Waals surface area contributed by atoms with Crippen molar-refractivity contribution in [2.45, 2.75) is 6.42 Å². The number of carbonyl (C=O) groups is 1. The Hall–Kier alpha value is -2.29. The summed E-state index contributed by atoms with van der Waals surface area (Å²) in [6, 6.07) is 16.9. The molecule has 92 valence electrons. The van der Waals surface area contributed by atoms with E-state index < -0.39 is 0 Å². The van der Waals surface area contributed by atoms with Crippen molar-refractivity contribution in [1.29, 1.82) is 0 Å². The Morgan fingerprint density at radius 1 is 1.00 bits per heavy atom. The summed E-state index contributed by atoms with van der Waals surface area (Å²) >= 11 is 0. The van der Waals surface area contributed by atoms with Crippen molar-refractivity contribution in [2.75, 3.05) is 12.3 Å². The highest BCUT2D eigenvalue weighted by molar-refractivity contribution is 5.94. The molecule has 0 unspecified atom stereocenters. The second kappa shape index (κ2) is 5.87. The molecule has 3 heteroatoms. The van der Waals surface area contributed by atoms with Gasteiger partial charge in [-0.3, -0.25) is 4.79 Å². The lowest BCUT2D eigenvalue weighted by Gasteiger charge is -2.05. The largest absolute Gasteiger partial charge is 0.399 e. The van der Waals surface area contributed by atoms with Gasteiger partial charge in [0.25, 0.3) is 5.91 Å². The fourth-order valence-corrected chi connectivity index (χ4v) is 1.70. The van der Waals surface area contributed by atoms with Gasteiger partial charge in [-0.1, -0.05) is 30.3 Å². The van der Waals surface area contributed by atoms with Gasteiger partial charge in [-0.05, 0) is 36.2 Å². The van der Waals surface area contributed by atoms with E-state index in [2.05, 4.69) is 5.32 Å². The molecule has 0 bridgehead atoms. The van der Waals surface area contributed by atoms with E-state index in [1.807, 2.05) is 42.5 Å².